The van der Waals surface area contributed by atoms with Crippen LogP contribution in [0.2, 0.25) is 0 Å². The van der Waals surface area contributed by atoms with E-state index in [4.69, 9.17) is 26.4 Å². The van der Waals surface area contributed by atoms with E-state index in [1.807, 2.05) is 30.5 Å². The Kier molecular flexibility index (Phi) is 7.45. The Morgan fingerprint density at radius 2 is 2.04 bits per heavy atom. The Bertz CT molecular complexity index is 767. The van der Waals surface area contributed by atoms with Crippen molar-refractivity contribution in [2.24, 2.45) is 0 Å². The first-order chi connectivity index (χ1) is 13.7. The van der Waals surface area contributed by atoms with Crippen LogP contribution in [0.1, 0.15) is 24.0 Å². The fraction of sp³-hybridized carbons (Fsp3) is 0.429. The number of thiocarbonyl (C=S) groups is 1. The van der Waals surface area contributed by atoms with Gasteiger partial charge in [-0.25, -0.2) is 0 Å². The largest absolute Gasteiger partial charge is 0.493 e. The average molecular weight is 402 g/mol. The Morgan fingerprint density at radius 3 is 2.71 bits per heavy atom. The summed E-state index contributed by atoms with van der Waals surface area (Å²) in [5, 5.41) is 4.08. The van der Waals surface area contributed by atoms with Gasteiger partial charge in [-0.2, -0.15) is 0 Å². The third-order valence-electron chi connectivity index (χ3n) is 4.71. The molecule has 0 radical (unpaired) electrons. The fourth-order valence-corrected chi connectivity index (χ4v) is 3.44. The number of rotatable bonds is 8. The molecule has 1 aromatic heterocycles. The lowest BCUT2D eigenvalue weighted by Gasteiger charge is -2.27. The lowest BCUT2D eigenvalue weighted by molar-refractivity contribution is 0.113. The molecular weight excluding hydrogens is 374 g/mol. The zero-order valence-corrected chi connectivity index (χ0v) is 17.2. The highest BCUT2D eigenvalue weighted by Crippen LogP contribution is 2.28. The standard InChI is InChI=1S/C21H27N3O3S/c1-25-19-8-7-16(11-20(19)26-2)14-24(15-17-5-3-9-22-12-17)21(28)23-13-18-6-4-10-27-18/h3,5,7-9,11-12,18H,4,6,10,13-15H2,1-2H3,(H,23,28)/t18-/m1/s1. The molecule has 6 nitrogen and oxygen atoms in total. The zero-order chi connectivity index (χ0) is 19.8. The number of nitrogens with one attached hydrogen (secondary N) is 1. The summed E-state index contributed by atoms with van der Waals surface area (Å²) in [6.45, 7) is 2.88. The molecule has 0 unspecified atom stereocenters. The fourth-order valence-electron chi connectivity index (χ4n) is 3.23. The van der Waals surface area contributed by atoms with E-state index in [0.29, 0.717) is 29.7 Å². The van der Waals surface area contributed by atoms with Crippen LogP contribution < -0.4 is 14.8 Å². The summed E-state index contributed by atoms with van der Waals surface area (Å²) in [6.07, 6.45) is 6.07. The predicted molar refractivity (Wildman–Crippen MR) is 113 cm³/mol. The summed E-state index contributed by atoms with van der Waals surface area (Å²) in [6, 6.07) is 9.92. The Balaban J connectivity index is 1.72. The number of benzene rings is 1. The number of nitrogens with zero attached hydrogens (tertiary/aromatic N) is 2. The van der Waals surface area contributed by atoms with Crippen molar-refractivity contribution in [1.82, 2.24) is 15.2 Å². The summed E-state index contributed by atoms with van der Waals surface area (Å²) in [5.74, 6) is 1.42. The second kappa shape index (κ2) is 10.2. The van der Waals surface area contributed by atoms with Crippen molar-refractivity contribution in [1.29, 1.82) is 0 Å². The van der Waals surface area contributed by atoms with Gasteiger partial charge in [-0.3, -0.25) is 4.98 Å². The number of pyridine rings is 1. The molecule has 1 aliphatic heterocycles. The van der Waals surface area contributed by atoms with Crippen LogP contribution >= 0.6 is 12.2 Å². The van der Waals surface area contributed by atoms with E-state index in [9.17, 15) is 0 Å². The second-order valence-electron chi connectivity index (χ2n) is 6.73. The first kappa shape index (κ1) is 20.4. The topological polar surface area (TPSA) is 55.9 Å². The maximum atomic E-state index is 5.70. The van der Waals surface area contributed by atoms with E-state index in [1.165, 1.54) is 0 Å². The second-order valence-corrected chi connectivity index (χ2v) is 7.11. The van der Waals surface area contributed by atoms with Crippen LogP contribution in [0.4, 0.5) is 0 Å². The molecule has 150 valence electrons. The molecule has 0 amide bonds. The zero-order valence-electron chi connectivity index (χ0n) is 16.4. The molecule has 3 rings (SSSR count). The van der Waals surface area contributed by atoms with E-state index < -0.39 is 0 Å². The minimum Gasteiger partial charge on any atom is -0.493 e. The highest BCUT2D eigenvalue weighted by Gasteiger charge is 2.18. The van der Waals surface area contributed by atoms with E-state index in [-0.39, 0.29) is 6.10 Å². The van der Waals surface area contributed by atoms with Crippen LogP contribution in [0.5, 0.6) is 11.5 Å². The van der Waals surface area contributed by atoms with Crippen molar-refractivity contribution in [3.05, 3.63) is 53.9 Å². The van der Waals surface area contributed by atoms with Gasteiger partial charge in [-0.1, -0.05) is 12.1 Å². The van der Waals surface area contributed by atoms with Gasteiger partial charge in [0.05, 0.1) is 20.3 Å². The maximum Gasteiger partial charge on any atom is 0.169 e. The molecule has 0 saturated carbocycles. The molecule has 28 heavy (non-hydrogen) atoms. The van der Waals surface area contributed by atoms with Gasteiger partial charge in [0.25, 0.3) is 0 Å². The van der Waals surface area contributed by atoms with Crippen molar-refractivity contribution in [2.45, 2.75) is 32.0 Å². The van der Waals surface area contributed by atoms with Gasteiger partial charge in [0, 0.05) is 38.6 Å². The molecule has 1 saturated heterocycles. The van der Waals surface area contributed by atoms with Crippen molar-refractivity contribution < 1.29 is 14.2 Å². The molecule has 2 aromatic rings. The molecule has 1 N–H and O–H groups in total. The third kappa shape index (κ3) is 5.56. The number of methoxy groups -OCH3 is 2. The van der Waals surface area contributed by atoms with E-state index >= 15 is 0 Å². The van der Waals surface area contributed by atoms with Crippen LogP contribution in [0.3, 0.4) is 0 Å². The molecule has 1 aliphatic rings. The molecule has 1 aromatic carbocycles. The first-order valence-electron chi connectivity index (χ1n) is 9.43. The summed E-state index contributed by atoms with van der Waals surface area (Å²) in [7, 11) is 3.28. The Hall–Kier alpha value is -2.38. The highest BCUT2D eigenvalue weighted by molar-refractivity contribution is 7.80. The monoisotopic (exact) mass is 401 g/mol. The summed E-state index contributed by atoms with van der Waals surface area (Å²) >= 11 is 5.70. The van der Waals surface area contributed by atoms with Crippen molar-refractivity contribution >= 4 is 17.3 Å². The van der Waals surface area contributed by atoms with Crippen LogP contribution in [-0.2, 0) is 17.8 Å². The molecule has 1 fully saturated rings. The molecule has 0 spiro atoms. The minimum absolute atomic E-state index is 0.235. The smallest absolute Gasteiger partial charge is 0.169 e. The average Bonchev–Trinajstić information content (AvgIpc) is 3.26. The normalized spacial score (nSPS) is 15.9. The van der Waals surface area contributed by atoms with Crippen molar-refractivity contribution in [3.8, 4) is 11.5 Å². The van der Waals surface area contributed by atoms with Crippen LogP contribution in [-0.4, -0.2) is 48.5 Å². The van der Waals surface area contributed by atoms with Gasteiger partial charge >= 0.3 is 0 Å². The van der Waals surface area contributed by atoms with Crippen molar-refractivity contribution in [3.63, 3.8) is 0 Å². The van der Waals surface area contributed by atoms with E-state index in [1.54, 1.807) is 20.4 Å². The van der Waals surface area contributed by atoms with Gasteiger partial charge in [0.1, 0.15) is 0 Å². The Labute approximate surface area is 171 Å². The van der Waals surface area contributed by atoms with Gasteiger partial charge in [-0.05, 0) is 54.4 Å². The Morgan fingerprint density at radius 1 is 1.21 bits per heavy atom. The molecule has 1 atom stereocenters. The number of ether oxygens (including phenoxy) is 3. The number of hydrogen-bond acceptors (Lipinski definition) is 5. The van der Waals surface area contributed by atoms with Crippen LogP contribution in [0.25, 0.3) is 0 Å². The quantitative estimate of drug-likeness (QED) is 0.682. The van der Waals surface area contributed by atoms with Crippen LogP contribution in [0, 0.1) is 0 Å². The van der Waals surface area contributed by atoms with Crippen molar-refractivity contribution in [2.75, 3.05) is 27.4 Å². The van der Waals surface area contributed by atoms with Gasteiger partial charge in [0.15, 0.2) is 16.6 Å². The molecular formula is C21H27N3O3S. The van der Waals surface area contributed by atoms with Gasteiger partial charge < -0.3 is 24.4 Å². The maximum absolute atomic E-state index is 5.70. The van der Waals surface area contributed by atoms with Gasteiger partial charge in [0.2, 0.25) is 0 Å². The van der Waals surface area contributed by atoms with Crippen LogP contribution in [0.15, 0.2) is 42.7 Å². The molecule has 0 bridgehead atoms. The SMILES string of the molecule is COc1ccc(CN(Cc2cccnc2)C(=S)NC[C@H]2CCCO2)cc1OC. The third-order valence-corrected chi connectivity index (χ3v) is 5.11. The predicted octanol–water partition coefficient (Wildman–Crippen LogP) is 3.15. The molecule has 7 heteroatoms. The summed E-state index contributed by atoms with van der Waals surface area (Å²) in [4.78, 5) is 6.34. The molecule has 0 aliphatic carbocycles. The first-order valence-corrected chi connectivity index (χ1v) is 9.84. The summed E-state index contributed by atoms with van der Waals surface area (Å²) < 4.78 is 16.5. The van der Waals surface area contributed by atoms with E-state index in [0.717, 1.165) is 37.1 Å². The lowest BCUT2D eigenvalue weighted by Crippen LogP contribution is -2.42. The minimum atomic E-state index is 0.235. The summed E-state index contributed by atoms with van der Waals surface area (Å²) in [5.41, 5.74) is 2.19. The lowest BCUT2D eigenvalue weighted by atomic mass is 10.1. The van der Waals surface area contributed by atoms with E-state index in [2.05, 4.69) is 21.3 Å². The number of aromatic nitrogens is 1. The highest BCUT2D eigenvalue weighted by atomic mass is 32.1. The van der Waals surface area contributed by atoms with Gasteiger partial charge in [-0.15, -0.1) is 0 Å². The number of hydrogen-bond donors (Lipinski definition) is 1. The molecule has 2 heterocycles.